The van der Waals surface area contributed by atoms with E-state index in [-0.39, 0.29) is 10.8 Å². The van der Waals surface area contributed by atoms with Gasteiger partial charge < -0.3 is 9.88 Å². The van der Waals surface area contributed by atoms with Gasteiger partial charge in [0.15, 0.2) is 5.16 Å². The second-order valence-corrected chi connectivity index (χ2v) is 10.8. The van der Waals surface area contributed by atoms with E-state index in [0.29, 0.717) is 17.2 Å². The van der Waals surface area contributed by atoms with Crippen molar-refractivity contribution in [1.82, 2.24) is 9.55 Å². The maximum atomic E-state index is 13.1. The Morgan fingerprint density at radius 2 is 1.79 bits per heavy atom. The molecule has 0 aliphatic carbocycles. The largest absolute Gasteiger partial charge is 0.325 e. The minimum absolute atomic E-state index is 0.0148. The fourth-order valence-corrected chi connectivity index (χ4v) is 5.19. The molecule has 0 saturated heterocycles. The van der Waals surface area contributed by atoms with Crippen LogP contribution >= 0.6 is 11.8 Å². The summed E-state index contributed by atoms with van der Waals surface area (Å²) in [5.41, 5.74) is 4.05. The van der Waals surface area contributed by atoms with E-state index in [0.717, 1.165) is 28.8 Å². The first kappa shape index (κ1) is 24.0. The van der Waals surface area contributed by atoms with E-state index < -0.39 is 15.3 Å². The van der Waals surface area contributed by atoms with Crippen molar-refractivity contribution in [3.05, 3.63) is 72.8 Å². The standard InChI is InChI=1S/C25H26N4O3S2/c1-3-15-29-23-14-13-19(34(26,31)32)16-22(23)28-25(29)33-17(2)24(30)27-21-12-8-7-11-20(21)18-9-5-4-6-10-18/h4-14,16-17H,3,15H2,1-2H3,(H,27,30)(H2,26,31,32). The number of hydrogen-bond acceptors (Lipinski definition) is 5. The molecule has 0 aliphatic heterocycles. The maximum absolute atomic E-state index is 13.1. The molecule has 4 aromatic rings. The molecule has 1 amide bonds. The van der Waals surface area contributed by atoms with Gasteiger partial charge in [-0.2, -0.15) is 0 Å². The smallest absolute Gasteiger partial charge is 0.238 e. The van der Waals surface area contributed by atoms with Crippen LogP contribution in [0.2, 0.25) is 0 Å². The van der Waals surface area contributed by atoms with Gasteiger partial charge in [0.1, 0.15) is 0 Å². The Morgan fingerprint density at radius 1 is 1.09 bits per heavy atom. The summed E-state index contributed by atoms with van der Waals surface area (Å²) in [6.07, 6.45) is 0.862. The minimum Gasteiger partial charge on any atom is -0.325 e. The Morgan fingerprint density at radius 3 is 2.50 bits per heavy atom. The first-order chi connectivity index (χ1) is 16.3. The van der Waals surface area contributed by atoms with Crippen LogP contribution in [0.3, 0.4) is 0 Å². The van der Waals surface area contributed by atoms with Gasteiger partial charge in [0.25, 0.3) is 0 Å². The number of thioether (sulfide) groups is 1. The normalized spacial score (nSPS) is 12.6. The number of nitrogens with one attached hydrogen (secondary N) is 1. The number of imidazole rings is 1. The second-order valence-electron chi connectivity index (χ2n) is 7.90. The number of anilines is 1. The zero-order valence-electron chi connectivity index (χ0n) is 18.9. The van der Waals surface area contributed by atoms with Crippen LogP contribution in [-0.2, 0) is 21.4 Å². The second kappa shape index (κ2) is 10.0. The molecule has 1 unspecified atom stereocenters. The Bertz CT molecular complexity index is 1430. The third kappa shape index (κ3) is 5.16. The quantitative estimate of drug-likeness (QED) is 0.340. The molecule has 1 atom stereocenters. The Kier molecular flexibility index (Phi) is 7.06. The van der Waals surface area contributed by atoms with Crippen LogP contribution in [0.4, 0.5) is 5.69 Å². The molecule has 9 heteroatoms. The van der Waals surface area contributed by atoms with Crippen molar-refractivity contribution >= 4 is 44.4 Å². The van der Waals surface area contributed by atoms with Gasteiger partial charge in [0.2, 0.25) is 15.9 Å². The van der Waals surface area contributed by atoms with E-state index in [4.69, 9.17) is 5.14 Å². The fraction of sp³-hybridized carbons (Fsp3) is 0.200. The van der Waals surface area contributed by atoms with Gasteiger partial charge >= 0.3 is 0 Å². The lowest BCUT2D eigenvalue weighted by atomic mass is 10.0. The molecule has 0 spiro atoms. The molecule has 0 radical (unpaired) electrons. The van der Waals surface area contributed by atoms with E-state index in [2.05, 4.69) is 17.2 Å². The number of aryl methyl sites for hydroxylation is 1. The highest BCUT2D eigenvalue weighted by molar-refractivity contribution is 8.00. The van der Waals surface area contributed by atoms with E-state index in [1.165, 1.54) is 23.9 Å². The van der Waals surface area contributed by atoms with Crippen LogP contribution in [-0.4, -0.2) is 29.1 Å². The Balaban J connectivity index is 1.59. The maximum Gasteiger partial charge on any atom is 0.238 e. The number of aromatic nitrogens is 2. The highest BCUT2D eigenvalue weighted by atomic mass is 32.2. The summed E-state index contributed by atoms with van der Waals surface area (Å²) < 4.78 is 25.5. The minimum atomic E-state index is -3.83. The highest BCUT2D eigenvalue weighted by Gasteiger charge is 2.21. The molecule has 1 heterocycles. The number of rotatable bonds is 8. The van der Waals surface area contributed by atoms with Gasteiger partial charge in [0, 0.05) is 17.8 Å². The Labute approximate surface area is 203 Å². The monoisotopic (exact) mass is 494 g/mol. The lowest BCUT2D eigenvalue weighted by molar-refractivity contribution is -0.115. The summed E-state index contributed by atoms with van der Waals surface area (Å²) in [5, 5.41) is 8.55. The first-order valence-electron chi connectivity index (χ1n) is 10.9. The van der Waals surface area contributed by atoms with Crippen LogP contribution < -0.4 is 10.5 Å². The zero-order valence-corrected chi connectivity index (χ0v) is 20.6. The van der Waals surface area contributed by atoms with Crippen LogP contribution in [0.5, 0.6) is 0 Å². The van der Waals surface area contributed by atoms with Crippen molar-refractivity contribution in [2.24, 2.45) is 5.14 Å². The van der Waals surface area contributed by atoms with Crippen LogP contribution in [0.1, 0.15) is 20.3 Å². The number of primary sulfonamides is 1. The summed E-state index contributed by atoms with van der Waals surface area (Å²) in [7, 11) is -3.83. The van der Waals surface area contributed by atoms with Gasteiger partial charge in [0.05, 0.1) is 21.2 Å². The van der Waals surface area contributed by atoms with Gasteiger partial charge in [-0.15, -0.1) is 0 Å². The SMILES string of the molecule is CCCn1c(SC(C)C(=O)Nc2ccccc2-c2ccccc2)nc2cc(S(N)(=O)=O)ccc21. The number of sulfonamides is 1. The van der Waals surface area contributed by atoms with E-state index in [1.807, 2.05) is 66.1 Å². The van der Waals surface area contributed by atoms with Crippen molar-refractivity contribution < 1.29 is 13.2 Å². The van der Waals surface area contributed by atoms with E-state index in [1.54, 1.807) is 6.07 Å². The molecule has 7 nitrogen and oxygen atoms in total. The molecule has 0 bridgehead atoms. The summed E-state index contributed by atoms with van der Waals surface area (Å²) >= 11 is 1.34. The number of carbonyl (C=O) groups is 1. The fourth-order valence-electron chi connectivity index (χ4n) is 3.70. The molecule has 34 heavy (non-hydrogen) atoms. The Hall–Kier alpha value is -3.14. The van der Waals surface area contributed by atoms with Crippen molar-refractivity contribution in [1.29, 1.82) is 0 Å². The predicted molar refractivity (Wildman–Crippen MR) is 137 cm³/mol. The number of carbonyl (C=O) groups excluding carboxylic acids is 1. The van der Waals surface area contributed by atoms with E-state index >= 15 is 0 Å². The van der Waals surface area contributed by atoms with Crippen LogP contribution in [0.25, 0.3) is 22.2 Å². The number of nitrogens with zero attached hydrogens (tertiary/aromatic N) is 2. The molecule has 3 N–H and O–H groups in total. The van der Waals surface area contributed by atoms with Crippen molar-refractivity contribution in [3.8, 4) is 11.1 Å². The molecule has 3 aromatic carbocycles. The lowest BCUT2D eigenvalue weighted by Gasteiger charge is -2.15. The molecule has 0 fully saturated rings. The summed E-state index contributed by atoms with van der Waals surface area (Å²) in [5.74, 6) is -0.145. The number of para-hydroxylation sites is 1. The summed E-state index contributed by atoms with van der Waals surface area (Å²) in [4.78, 5) is 17.7. The third-order valence-electron chi connectivity index (χ3n) is 5.38. The van der Waals surface area contributed by atoms with Crippen molar-refractivity contribution in [2.75, 3.05) is 5.32 Å². The van der Waals surface area contributed by atoms with Gasteiger partial charge in [-0.25, -0.2) is 18.5 Å². The van der Waals surface area contributed by atoms with E-state index in [9.17, 15) is 13.2 Å². The average molecular weight is 495 g/mol. The highest BCUT2D eigenvalue weighted by Crippen LogP contribution is 2.31. The van der Waals surface area contributed by atoms with Crippen LogP contribution in [0.15, 0.2) is 82.8 Å². The van der Waals surface area contributed by atoms with Gasteiger partial charge in [-0.3, -0.25) is 4.79 Å². The summed E-state index contributed by atoms with van der Waals surface area (Å²) in [6.45, 7) is 4.57. The predicted octanol–water partition coefficient (Wildman–Crippen LogP) is 4.88. The number of amides is 1. The van der Waals surface area contributed by atoms with Crippen molar-refractivity contribution in [3.63, 3.8) is 0 Å². The molecule has 176 valence electrons. The number of benzene rings is 3. The average Bonchev–Trinajstić information content (AvgIpc) is 3.16. The summed E-state index contributed by atoms with van der Waals surface area (Å²) in [6, 6.07) is 22.3. The van der Waals surface area contributed by atoms with Crippen molar-refractivity contribution in [2.45, 2.75) is 42.1 Å². The lowest BCUT2D eigenvalue weighted by Crippen LogP contribution is -2.23. The zero-order chi connectivity index (χ0) is 24.3. The number of hydrogen-bond donors (Lipinski definition) is 2. The van der Waals surface area contributed by atoms with Gasteiger partial charge in [-0.05, 0) is 43.2 Å². The molecule has 0 saturated carbocycles. The molecule has 0 aliphatic rings. The number of nitrogens with two attached hydrogens (primary N) is 1. The topological polar surface area (TPSA) is 107 Å². The van der Waals surface area contributed by atoms with Crippen LogP contribution in [0, 0.1) is 0 Å². The third-order valence-corrected chi connectivity index (χ3v) is 7.38. The molecule has 1 aromatic heterocycles. The number of fused-ring (bicyclic) bond motifs is 1. The molecule has 4 rings (SSSR count). The first-order valence-corrected chi connectivity index (χ1v) is 13.4. The molecular weight excluding hydrogens is 468 g/mol. The molecular formula is C25H26N4O3S2. The van der Waals surface area contributed by atoms with Gasteiger partial charge in [-0.1, -0.05) is 67.2 Å².